The van der Waals surface area contributed by atoms with Gasteiger partial charge in [0, 0.05) is 5.56 Å². The molecule has 2 aromatic carbocycles. The van der Waals surface area contributed by atoms with Crippen LogP contribution in [0.3, 0.4) is 0 Å². The molecule has 0 saturated carbocycles. The lowest BCUT2D eigenvalue weighted by Crippen LogP contribution is -2.43. The normalized spacial score (nSPS) is 11.8. The second kappa shape index (κ2) is 12.8. The lowest BCUT2D eigenvalue weighted by molar-refractivity contribution is -0.123. The van der Waals surface area contributed by atoms with Crippen LogP contribution in [-0.2, 0) is 11.2 Å². The molecular formula is C26H36N2O3. The summed E-state index contributed by atoms with van der Waals surface area (Å²) in [5, 5.41) is 0. The predicted octanol–water partition coefficient (Wildman–Crippen LogP) is 5.41. The van der Waals surface area contributed by atoms with Crippen LogP contribution in [-0.4, -0.2) is 18.4 Å². The van der Waals surface area contributed by atoms with Crippen molar-refractivity contribution in [2.75, 3.05) is 6.61 Å². The standard InChI is InChI=1S/C26H36N2O3/c1-5-6-7-8-17-31-24-15-13-23(14-16-24)26(30)28-27-25(29)20(4)22-11-9-21(10-12-22)18-19(2)3/h9-16,19-20H,5-8,17-18H2,1-4H3,(H,27,29)(H,28,30). The van der Waals surface area contributed by atoms with Gasteiger partial charge in [0.2, 0.25) is 5.91 Å². The monoisotopic (exact) mass is 424 g/mol. The third-order valence-electron chi connectivity index (χ3n) is 5.20. The number of amides is 2. The Balaban J connectivity index is 1.79. The molecule has 31 heavy (non-hydrogen) atoms. The molecule has 2 amide bonds. The largest absolute Gasteiger partial charge is 0.494 e. The van der Waals surface area contributed by atoms with E-state index in [1.165, 1.54) is 18.4 Å². The molecule has 0 heterocycles. The lowest BCUT2D eigenvalue weighted by Gasteiger charge is -2.14. The Hall–Kier alpha value is -2.82. The summed E-state index contributed by atoms with van der Waals surface area (Å²) >= 11 is 0. The number of carbonyl (C=O) groups is 2. The molecule has 0 bridgehead atoms. The molecule has 0 aliphatic carbocycles. The Morgan fingerprint density at radius 3 is 2.16 bits per heavy atom. The highest BCUT2D eigenvalue weighted by Gasteiger charge is 2.16. The van der Waals surface area contributed by atoms with E-state index >= 15 is 0 Å². The van der Waals surface area contributed by atoms with Gasteiger partial charge in [-0.3, -0.25) is 20.4 Å². The summed E-state index contributed by atoms with van der Waals surface area (Å²) in [5.41, 5.74) is 7.65. The highest BCUT2D eigenvalue weighted by atomic mass is 16.5. The number of nitrogens with one attached hydrogen (secondary N) is 2. The zero-order valence-corrected chi connectivity index (χ0v) is 19.2. The highest BCUT2D eigenvalue weighted by Crippen LogP contribution is 2.18. The van der Waals surface area contributed by atoms with E-state index in [0.717, 1.165) is 30.6 Å². The first-order valence-electron chi connectivity index (χ1n) is 11.3. The average molecular weight is 425 g/mol. The maximum Gasteiger partial charge on any atom is 0.269 e. The summed E-state index contributed by atoms with van der Waals surface area (Å²) in [6, 6.07) is 15.0. The SMILES string of the molecule is CCCCCCOc1ccc(C(=O)NNC(=O)C(C)c2ccc(CC(C)C)cc2)cc1. The van der Waals surface area contributed by atoms with Crippen LogP contribution in [0.2, 0.25) is 0 Å². The van der Waals surface area contributed by atoms with Gasteiger partial charge >= 0.3 is 0 Å². The first-order chi connectivity index (χ1) is 14.9. The maximum absolute atomic E-state index is 12.4. The number of benzene rings is 2. The Morgan fingerprint density at radius 1 is 0.871 bits per heavy atom. The summed E-state index contributed by atoms with van der Waals surface area (Å²) < 4.78 is 5.69. The zero-order chi connectivity index (χ0) is 22.6. The Bertz CT molecular complexity index is 814. The van der Waals surface area contributed by atoms with Gasteiger partial charge in [0.15, 0.2) is 0 Å². The Kier molecular flexibility index (Phi) is 10.1. The summed E-state index contributed by atoms with van der Waals surface area (Å²) in [4.78, 5) is 24.8. The van der Waals surface area contributed by atoms with Crippen LogP contribution in [0.15, 0.2) is 48.5 Å². The smallest absolute Gasteiger partial charge is 0.269 e. The molecule has 0 fully saturated rings. The fourth-order valence-corrected chi connectivity index (χ4v) is 3.29. The van der Waals surface area contributed by atoms with Crippen LogP contribution in [0.1, 0.15) is 80.8 Å². The van der Waals surface area contributed by atoms with E-state index < -0.39 is 0 Å². The van der Waals surface area contributed by atoms with Crippen molar-refractivity contribution < 1.29 is 14.3 Å². The summed E-state index contributed by atoms with van der Waals surface area (Å²) in [6.07, 6.45) is 5.62. The van der Waals surface area contributed by atoms with Gasteiger partial charge < -0.3 is 4.74 Å². The third-order valence-corrected chi connectivity index (χ3v) is 5.20. The van der Waals surface area contributed by atoms with Gasteiger partial charge in [-0.2, -0.15) is 0 Å². The molecular weight excluding hydrogens is 388 g/mol. The molecule has 2 rings (SSSR count). The number of rotatable bonds is 11. The van der Waals surface area contributed by atoms with Crippen molar-refractivity contribution in [2.24, 2.45) is 5.92 Å². The second-order valence-electron chi connectivity index (χ2n) is 8.44. The molecule has 1 unspecified atom stereocenters. The molecule has 0 aliphatic heterocycles. The Labute approximate surface area is 186 Å². The van der Waals surface area contributed by atoms with Gasteiger partial charge in [-0.15, -0.1) is 0 Å². The predicted molar refractivity (Wildman–Crippen MR) is 125 cm³/mol. The molecule has 0 aliphatic rings. The number of carbonyl (C=O) groups excluding carboxylic acids is 2. The van der Waals surface area contributed by atoms with E-state index in [2.05, 4.69) is 43.8 Å². The van der Waals surface area contributed by atoms with Crippen molar-refractivity contribution in [1.82, 2.24) is 10.9 Å². The van der Waals surface area contributed by atoms with E-state index in [1.54, 1.807) is 24.3 Å². The van der Waals surface area contributed by atoms with Crippen molar-refractivity contribution in [1.29, 1.82) is 0 Å². The number of hydrazine groups is 1. The van der Waals surface area contributed by atoms with Gasteiger partial charge in [-0.25, -0.2) is 0 Å². The molecule has 168 valence electrons. The first kappa shape index (κ1) is 24.4. The van der Waals surface area contributed by atoms with Crippen LogP contribution >= 0.6 is 0 Å². The quantitative estimate of drug-likeness (QED) is 0.374. The summed E-state index contributed by atoms with van der Waals surface area (Å²) in [7, 11) is 0. The Morgan fingerprint density at radius 2 is 1.55 bits per heavy atom. The van der Waals surface area contributed by atoms with Gasteiger partial charge in [0.05, 0.1) is 12.5 Å². The second-order valence-corrected chi connectivity index (χ2v) is 8.44. The van der Waals surface area contributed by atoms with Crippen LogP contribution in [0.4, 0.5) is 0 Å². The fraction of sp³-hybridized carbons (Fsp3) is 0.462. The van der Waals surface area contributed by atoms with E-state index in [0.29, 0.717) is 18.1 Å². The van der Waals surface area contributed by atoms with E-state index in [9.17, 15) is 9.59 Å². The van der Waals surface area contributed by atoms with Gasteiger partial charge in [0.1, 0.15) is 5.75 Å². The highest BCUT2D eigenvalue weighted by molar-refractivity contribution is 5.96. The van der Waals surface area contributed by atoms with Crippen LogP contribution in [0.25, 0.3) is 0 Å². The number of hydrogen-bond donors (Lipinski definition) is 2. The van der Waals surface area contributed by atoms with Gasteiger partial charge in [-0.05, 0) is 61.1 Å². The molecule has 0 spiro atoms. The molecule has 0 saturated heterocycles. The van der Waals surface area contributed by atoms with E-state index in [1.807, 2.05) is 19.1 Å². The van der Waals surface area contributed by atoms with E-state index in [4.69, 9.17) is 4.74 Å². The molecule has 5 nitrogen and oxygen atoms in total. The van der Waals surface area contributed by atoms with Crippen LogP contribution in [0, 0.1) is 5.92 Å². The minimum absolute atomic E-state index is 0.253. The van der Waals surface area contributed by atoms with E-state index in [-0.39, 0.29) is 17.7 Å². The van der Waals surface area contributed by atoms with Crippen molar-refractivity contribution in [2.45, 2.75) is 65.7 Å². The molecule has 2 aromatic rings. The fourth-order valence-electron chi connectivity index (χ4n) is 3.29. The topological polar surface area (TPSA) is 67.4 Å². The van der Waals surface area contributed by atoms with Gasteiger partial charge in [-0.1, -0.05) is 64.3 Å². The third kappa shape index (κ3) is 8.44. The molecule has 0 aromatic heterocycles. The van der Waals surface area contributed by atoms with Crippen molar-refractivity contribution in [3.8, 4) is 5.75 Å². The maximum atomic E-state index is 12.4. The van der Waals surface area contributed by atoms with Crippen molar-refractivity contribution >= 4 is 11.8 Å². The lowest BCUT2D eigenvalue weighted by atomic mass is 9.96. The summed E-state index contributed by atoms with van der Waals surface area (Å²) in [6.45, 7) is 9.05. The average Bonchev–Trinajstić information content (AvgIpc) is 2.77. The number of hydrogen-bond acceptors (Lipinski definition) is 3. The minimum atomic E-state index is -0.364. The van der Waals surface area contributed by atoms with Gasteiger partial charge in [0.25, 0.3) is 5.91 Å². The number of unbranched alkanes of at least 4 members (excludes halogenated alkanes) is 3. The molecule has 1 atom stereocenters. The molecule has 0 radical (unpaired) electrons. The molecule has 2 N–H and O–H groups in total. The van der Waals surface area contributed by atoms with Crippen molar-refractivity contribution in [3.05, 3.63) is 65.2 Å². The van der Waals surface area contributed by atoms with Crippen LogP contribution in [0.5, 0.6) is 5.75 Å². The zero-order valence-electron chi connectivity index (χ0n) is 19.2. The molecule has 5 heteroatoms. The van der Waals surface area contributed by atoms with Crippen molar-refractivity contribution in [3.63, 3.8) is 0 Å². The number of ether oxygens (including phenoxy) is 1. The summed E-state index contributed by atoms with van der Waals surface area (Å²) in [5.74, 6) is 0.357. The first-order valence-corrected chi connectivity index (χ1v) is 11.3. The minimum Gasteiger partial charge on any atom is -0.494 e. The van der Waals surface area contributed by atoms with Crippen LogP contribution < -0.4 is 15.6 Å².